The molecule has 0 aliphatic carbocycles. The molecule has 0 amide bonds. The second-order valence-corrected chi connectivity index (χ2v) is 8.28. The standard InChI is InChI=1S/C21H27N5O6/c1-11-7-12-14(8-13(11)25-5-3-4-6-25)26(9-15(28)18(30)16(29)10-27)19-17(22-12)20(31)24(2)21(32)23-19/h7-8,15-16,18,27-30H,3-6,9-10H2,1-2H3/t15-,16+,18-/m0/s1. The van der Waals surface area contributed by atoms with Crippen molar-refractivity contribution in [3.63, 3.8) is 0 Å². The summed E-state index contributed by atoms with van der Waals surface area (Å²) in [5.74, 6) is -0.0217. The van der Waals surface area contributed by atoms with Crippen molar-refractivity contribution in [1.82, 2.24) is 19.1 Å². The molecule has 0 saturated carbocycles. The van der Waals surface area contributed by atoms with Crippen LogP contribution in [0.1, 0.15) is 18.4 Å². The second kappa shape index (κ2) is 8.58. The number of hydrogen-bond acceptors (Lipinski definition) is 9. The SMILES string of the molecule is Cc1cc2nc3c(=O)n(C)c(=O)nc-3n(C[C@H](O)[C@H](O)[C@H](O)CO)c2cc1N1CCCC1. The summed E-state index contributed by atoms with van der Waals surface area (Å²) in [6, 6.07) is 3.72. The fraction of sp³-hybridized carbons (Fsp3) is 0.524. The third-order valence-corrected chi connectivity index (χ3v) is 6.07. The number of aromatic nitrogens is 4. The predicted molar refractivity (Wildman–Crippen MR) is 117 cm³/mol. The minimum Gasteiger partial charge on any atom is -0.394 e. The molecule has 1 aromatic carbocycles. The normalized spacial score (nSPS) is 17.2. The highest BCUT2D eigenvalue weighted by atomic mass is 16.4. The molecule has 0 radical (unpaired) electrons. The summed E-state index contributed by atoms with van der Waals surface area (Å²) in [4.78, 5) is 35.7. The van der Waals surface area contributed by atoms with Gasteiger partial charge in [0.1, 0.15) is 18.3 Å². The zero-order valence-electron chi connectivity index (χ0n) is 18.0. The summed E-state index contributed by atoms with van der Waals surface area (Å²) < 4.78 is 2.33. The molecule has 0 aromatic heterocycles. The van der Waals surface area contributed by atoms with Crippen molar-refractivity contribution in [2.75, 3.05) is 24.6 Å². The van der Waals surface area contributed by atoms with Gasteiger partial charge in [-0.1, -0.05) is 0 Å². The Morgan fingerprint density at radius 2 is 1.75 bits per heavy atom. The van der Waals surface area contributed by atoms with Gasteiger partial charge in [0.25, 0.3) is 5.56 Å². The van der Waals surface area contributed by atoms with Crippen molar-refractivity contribution in [1.29, 1.82) is 0 Å². The Balaban J connectivity index is 1.98. The number of fused-ring (bicyclic) bond motifs is 2. The number of benzene rings is 1. The van der Waals surface area contributed by atoms with Crippen LogP contribution in [-0.2, 0) is 13.6 Å². The van der Waals surface area contributed by atoms with E-state index in [1.54, 1.807) is 0 Å². The first-order chi connectivity index (χ1) is 15.2. The summed E-state index contributed by atoms with van der Waals surface area (Å²) in [5, 5.41) is 39.6. The van der Waals surface area contributed by atoms with Crippen LogP contribution in [0.4, 0.5) is 5.69 Å². The van der Waals surface area contributed by atoms with Gasteiger partial charge in [-0.3, -0.25) is 9.36 Å². The molecule has 1 fully saturated rings. The lowest BCUT2D eigenvalue weighted by atomic mass is 10.1. The fourth-order valence-corrected chi connectivity index (χ4v) is 4.20. The van der Waals surface area contributed by atoms with E-state index in [1.807, 2.05) is 19.1 Å². The van der Waals surface area contributed by atoms with Crippen LogP contribution in [0.5, 0.6) is 0 Å². The van der Waals surface area contributed by atoms with Gasteiger partial charge in [-0.05, 0) is 37.5 Å². The van der Waals surface area contributed by atoms with Crippen LogP contribution in [0.2, 0.25) is 0 Å². The topological polar surface area (TPSA) is 154 Å². The quantitative estimate of drug-likeness (QED) is 0.335. The molecule has 1 saturated heterocycles. The summed E-state index contributed by atoms with van der Waals surface area (Å²) >= 11 is 0. The number of rotatable bonds is 6. The van der Waals surface area contributed by atoms with E-state index in [4.69, 9.17) is 5.11 Å². The molecule has 0 spiro atoms. The molecule has 11 nitrogen and oxygen atoms in total. The third kappa shape index (κ3) is 3.77. The largest absolute Gasteiger partial charge is 0.394 e. The van der Waals surface area contributed by atoms with Gasteiger partial charge < -0.3 is 29.9 Å². The van der Waals surface area contributed by atoms with Crippen molar-refractivity contribution in [3.8, 4) is 11.5 Å². The van der Waals surface area contributed by atoms with E-state index in [-0.39, 0.29) is 18.1 Å². The molecule has 172 valence electrons. The van der Waals surface area contributed by atoms with Gasteiger partial charge in [-0.25, -0.2) is 9.78 Å². The summed E-state index contributed by atoms with van der Waals surface area (Å²) in [6.45, 7) is 2.75. The van der Waals surface area contributed by atoms with E-state index in [2.05, 4.69) is 14.9 Å². The van der Waals surface area contributed by atoms with Crippen LogP contribution in [0.3, 0.4) is 0 Å². The van der Waals surface area contributed by atoms with Crippen LogP contribution in [0.15, 0.2) is 21.7 Å². The Kier molecular flexibility index (Phi) is 5.99. The first-order valence-corrected chi connectivity index (χ1v) is 10.5. The molecular formula is C21H27N5O6. The van der Waals surface area contributed by atoms with Crippen molar-refractivity contribution >= 4 is 16.7 Å². The van der Waals surface area contributed by atoms with Gasteiger partial charge in [-0.15, -0.1) is 0 Å². The van der Waals surface area contributed by atoms with E-state index in [1.165, 1.54) is 11.6 Å². The number of aryl methyl sites for hydroxylation is 1. The highest BCUT2D eigenvalue weighted by molar-refractivity contribution is 5.84. The first kappa shape index (κ1) is 22.3. The van der Waals surface area contributed by atoms with E-state index < -0.39 is 36.2 Å². The Morgan fingerprint density at radius 1 is 1.06 bits per heavy atom. The molecule has 3 aliphatic rings. The predicted octanol–water partition coefficient (Wildman–Crippen LogP) is -1.42. The highest BCUT2D eigenvalue weighted by Crippen LogP contribution is 2.31. The van der Waals surface area contributed by atoms with E-state index in [0.29, 0.717) is 11.0 Å². The minimum atomic E-state index is -1.65. The first-order valence-electron chi connectivity index (χ1n) is 10.5. The van der Waals surface area contributed by atoms with Crippen LogP contribution in [0.25, 0.3) is 22.6 Å². The van der Waals surface area contributed by atoms with Gasteiger partial charge in [0.2, 0.25) is 0 Å². The van der Waals surface area contributed by atoms with E-state index in [9.17, 15) is 24.9 Å². The molecule has 3 atom stereocenters. The number of aliphatic hydroxyl groups excluding tert-OH is 4. The van der Waals surface area contributed by atoms with Crippen molar-refractivity contribution in [2.24, 2.45) is 7.05 Å². The Bertz CT molecular complexity index is 1230. The monoisotopic (exact) mass is 445 g/mol. The lowest BCUT2D eigenvalue weighted by Crippen LogP contribution is -2.43. The molecule has 1 aromatic rings. The Labute approximate surface area is 183 Å². The molecule has 4 N–H and O–H groups in total. The average Bonchev–Trinajstić information content (AvgIpc) is 3.31. The van der Waals surface area contributed by atoms with Gasteiger partial charge in [0, 0.05) is 25.8 Å². The Hall–Kier alpha value is -2.86. The van der Waals surface area contributed by atoms with E-state index in [0.717, 1.165) is 41.7 Å². The van der Waals surface area contributed by atoms with Gasteiger partial charge >= 0.3 is 5.69 Å². The van der Waals surface area contributed by atoms with Gasteiger partial charge in [0.15, 0.2) is 11.5 Å². The average molecular weight is 445 g/mol. The van der Waals surface area contributed by atoms with Crippen molar-refractivity contribution < 1.29 is 20.4 Å². The molecule has 3 heterocycles. The smallest absolute Gasteiger partial charge is 0.352 e. The minimum absolute atomic E-state index is 0.0217. The summed E-state index contributed by atoms with van der Waals surface area (Å²) in [5.41, 5.74) is 1.50. The van der Waals surface area contributed by atoms with Crippen molar-refractivity contribution in [3.05, 3.63) is 38.5 Å². The maximum Gasteiger partial charge on any atom is 0.352 e. The molecule has 0 unspecified atom stereocenters. The molecule has 0 bridgehead atoms. The van der Waals surface area contributed by atoms with Crippen molar-refractivity contribution in [2.45, 2.75) is 44.6 Å². The highest BCUT2D eigenvalue weighted by Gasteiger charge is 2.28. The van der Waals surface area contributed by atoms with Crippen LogP contribution in [0, 0.1) is 6.92 Å². The Morgan fingerprint density at radius 3 is 2.41 bits per heavy atom. The van der Waals surface area contributed by atoms with Gasteiger partial charge in [-0.2, -0.15) is 4.98 Å². The zero-order chi connectivity index (χ0) is 23.2. The summed E-state index contributed by atoms with van der Waals surface area (Å²) in [6.07, 6.45) is -2.55. The lowest BCUT2D eigenvalue weighted by Gasteiger charge is -2.26. The zero-order valence-corrected chi connectivity index (χ0v) is 18.0. The number of nitrogens with zero attached hydrogens (tertiary/aromatic N) is 5. The molecule has 4 rings (SSSR count). The van der Waals surface area contributed by atoms with E-state index >= 15 is 0 Å². The second-order valence-electron chi connectivity index (χ2n) is 8.28. The summed E-state index contributed by atoms with van der Waals surface area (Å²) in [7, 11) is 1.31. The number of aliphatic hydroxyl groups is 4. The van der Waals surface area contributed by atoms with Crippen LogP contribution < -0.4 is 16.1 Å². The molecule has 11 heteroatoms. The fourth-order valence-electron chi connectivity index (χ4n) is 4.20. The third-order valence-electron chi connectivity index (χ3n) is 6.07. The molecule has 3 aliphatic heterocycles. The lowest BCUT2D eigenvalue weighted by molar-refractivity contribution is -0.0802. The van der Waals surface area contributed by atoms with Gasteiger partial charge in [0.05, 0.1) is 24.2 Å². The van der Waals surface area contributed by atoms with Crippen LogP contribution in [-0.4, -0.2) is 77.5 Å². The van der Waals surface area contributed by atoms with Crippen LogP contribution >= 0.6 is 0 Å². The number of hydrogen-bond donors (Lipinski definition) is 4. The number of anilines is 1. The molecule has 32 heavy (non-hydrogen) atoms. The molecular weight excluding hydrogens is 418 g/mol. The maximum atomic E-state index is 12.7. The maximum absolute atomic E-state index is 12.7.